The number of alkyl halides is 2. The molecule has 2 heterocycles. The van der Waals surface area contributed by atoms with Gasteiger partial charge in [-0.1, -0.05) is 0 Å². The van der Waals surface area contributed by atoms with Crippen LogP contribution in [0.1, 0.15) is 5.56 Å². The van der Waals surface area contributed by atoms with E-state index in [0.717, 1.165) is 18.2 Å². The minimum absolute atomic E-state index is 0.0344. The number of halogens is 3. The van der Waals surface area contributed by atoms with E-state index in [0.29, 0.717) is 30.5 Å². The lowest BCUT2D eigenvalue weighted by Gasteiger charge is -2.20. The van der Waals surface area contributed by atoms with E-state index in [1.165, 1.54) is 6.33 Å². The van der Waals surface area contributed by atoms with E-state index in [1.54, 1.807) is 0 Å². The van der Waals surface area contributed by atoms with Crippen LogP contribution < -0.4 is 20.1 Å². The van der Waals surface area contributed by atoms with Crippen LogP contribution in [0.5, 0.6) is 11.5 Å². The van der Waals surface area contributed by atoms with Crippen molar-refractivity contribution in [3.05, 3.63) is 35.9 Å². The van der Waals surface area contributed by atoms with Gasteiger partial charge in [0.1, 0.15) is 24.5 Å². The Morgan fingerprint density at radius 3 is 3.04 bits per heavy atom. The van der Waals surface area contributed by atoms with Crippen LogP contribution in [0.4, 0.5) is 24.8 Å². The number of nitrogens with one attached hydrogen (secondary N) is 2. The fourth-order valence-electron chi connectivity index (χ4n) is 2.16. The minimum Gasteiger partial charge on any atom is -0.485 e. The van der Waals surface area contributed by atoms with E-state index in [4.69, 9.17) is 4.74 Å². The van der Waals surface area contributed by atoms with E-state index < -0.39 is 12.4 Å². The Hall–Kier alpha value is -2.71. The number of benzene rings is 1. The summed E-state index contributed by atoms with van der Waals surface area (Å²) >= 11 is 0. The fourth-order valence-corrected chi connectivity index (χ4v) is 2.16. The summed E-state index contributed by atoms with van der Waals surface area (Å²) < 4.78 is 48.0. The normalized spacial score (nSPS) is 13.0. The third-order valence-corrected chi connectivity index (χ3v) is 3.13. The molecule has 0 spiro atoms. The molecule has 23 heavy (non-hydrogen) atoms. The van der Waals surface area contributed by atoms with Crippen molar-refractivity contribution >= 4 is 11.6 Å². The molecule has 6 nitrogen and oxygen atoms in total. The Kier molecular flexibility index (Phi) is 4.35. The first-order chi connectivity index (χ1) is 11.1. The molecule has 122 valence electrons. The molecule has 1 aromatic carbocycles. The summed E-state index contributed by atoms with van der Waals surface area (Å²) in [5.74, 6) is 0.708. The van der Waals surface area contributed by atoms with Gasteiger partial charge in [0, 0.05) is 12.1 Å². The Labute approximate surface area is 129 Å². The maximum absolute atomic E-state index is 13.4. The van der Waals surface area contributed by atoms with E-state index in [1.807, 2.05) is 0 Å². The fraction of sp³-hybridized carbons (Fsp3) is 0.286. The van der Waals surface area contributed by atoms with Crippen LogP contribution in [-0.4, -0.2) is 29.7 Å². The molecule has 2 aromatic rings. The van der Waals surface area contributed by atoms with Crippen LogP contribution in [0.15, 0.2) is 24.5 Å². The van der Waals surface area contributed by atoms with Gasteiger partial charge in [0.15, 0.2) is 11.6 Å². The molecule has 9 heteroatoms. The largest absolute Gasteiger partial charge is 0.485 e. The summed E-state index contributed by atoms with van der Waals surface area (Å²) in [6, 6.07) is 3.34. The van der Waals surface area contributed by atoms with Crippen LogP contribution in [0.2, 0.25) is 0 Å². The van der Waals surface area contributed by atoms with Crippen LogP contribution in [0.3, 0.4) is 0 Å². The highest BCUT2D eigenvalue weighted by Crippen LogP contribution is 2.32. The summed E-state index contributed by atoms with van der Waals surface area (Å²) in [6.07, 6.45) is 1.34. The highest BCUT2D eigenvalue weighted by atomic mass is 19.3. The molecule has 0 amide bonds. The predicted octanol–water partition coefficient (Wildman–Crippen LogP) is 2.63. The summed E-state index contributed by atoms with van der Waals surface area (Å²) in [6.45, 7) is -1.88. The predicted molar refractivity (Wildman–Crippen MR) is 76.4 cm³/mol. The average Bonchev–Trinajstić information content (AvgIpc) is 2.54. The Morgan fingerprint density at radius 2 is 2.22 bits per heavy atom. The van der Waals surface area contributed by atoms with Crippen LogP contribution in [-0.2, 0) is 6.54 Å². The van der Waals surface area contributed by atoms with Crippen LogP contribution in [0, 0.1) is 5.82 Å². The molecule has 1 aliphatic heterocycles. The van der Waals surface area contributed by atoms with Gasteiger partial charge in [-0.25, -0.2) is 14.4 Å². The van der Waals surface area contributed by atoms with Crippen molar-refractivity contribution in [1.29, 1.82) is 0 Å². The van der Waals surface area contributed by atoms with Gasteiger partial charge in [-0.2, -0.15) is 8.78 Å². The molecular weight excluding hydrogens is 313 g/mol. The van der Waals surface area contributed by atoms with Crippen molar-refractivity contribution in [2.45, 2.75) is 13.2 Å². The third-order valence-electron chi connectivity index (χ3n) is 3.13. The second kappa shape index (κ2) is 6.59. The lowest BCUT2D eigenvalue weighted by molar-refractivity contribution is -0.0504. The monoisotopic (exact) mass is 326 g/mol. The highest BCUT2D eigenvalue weighted by Gasteiger charge is 2.17. The molecule has 1 aromatic heterocycles. The second-order valence-electron chi connectivity index (χ2n) is 4.66. The number of ether oxygens (including phenoxy) is 2. The smallest absolute Gasteiger partial charge is 0.387 e. The average molecular weight is 326 g/mol. The molecule has 0 bridgehead atoms. The number of hydrogen-bond acceptors (Lipinski definition) is 6. The van der Waals surface area contributed by atoms with Gasteiger partial charge in [0.25, 0.3) is 0 Å². The van der Waals surface area contributed by atoms with Crippen molar-refractivity contribution in [2.75, 3.05) is 23.8 Å². The van der Waals surface area contributed by atoms with Gasteiger partial charge < -0.3 is 20.1 Å². The molecule has 0 atom stereocenters. The summed E-state index contributed by atoms with van der Waals surface area (Å²) in [5, 5.41) is 5.97. The molecule has 0 unspecified atom stereocenters. The number of aromatic nitrogens is 2. The lowest BCUT2D eigenvalue weighted by Crippen LogP contribution is -2.20. The zero-order valence-corrected chi connectivity index (χ0v) is 11.9. The van der Waals surface area contributed by atoms with E-state index in [2.05, 4.69) is 25.3 Å². The standard InChI is InChI=1S/C14H13F3N4O2/c15-9-1-2-10(23-14(16)17)8(5-9)6-19-13-11-12(20-7-21-13)18-3-4-22-11/h1-2,5,7,14H,3-4,6H2,(H2,18,19,20,21). The SMILES string of the molecule is Fc1ccc(OC(F)F)c(CNc2ncnc3c2OCCN3)c1. The van der Waals surface area contributed by atoms with Crippen molar-refractivity contribution in [2.24, 2.45) is 0 Å². The number of hydrogen-bond donors (Lipinski definition) is 2. The van der Waals surface area contributed by atoms with Crippen LogP contribution in [0.25, 0.3) is 0 Å². The van der Waals surface area contributed by atoms with Gasteiger partial charge in [-0.15, -0.1) is 0 Å². The Morgan fingerprint density at radius 1 is 1.35 bits per heavy atom. The first kappa shape index (κ1) is 15.2. The summed E-state index contributed by atoms with van der Waals surface area (Å²) in [4.78, 5) is 8.09. The number of rotatable bonds is 5. The Bertz CT molecular complexity index is 700. The lowest BCUT2D eigenvalue weighted by atomic mass is 10.2. The quantitative estimate of drug-likeness (QED) is 0.880. The van der Waals surface area contributed by atoms with Gasteiger partial charge in [0.2, 0.25) is 5.75 Å². The first-order valence-corrected chi connectivity index (χ1v) is 6.82. The zero-order valence-electron chi connectivity index (χ0n) is 11.9. The highest BCUT2D eigenvalue weighted by molar-refractivity contribution is 5.64. The maximum Gasteiger partial charge on any atom is 0.387 e. The molecule has 0 saturated carbocycles. The van der Waals surface area contributed by atoms with Gasteiger partial charge in [-0.3, -0.25) is 0 Å². The summed E-state index contributed by atoms with van der Waals surface area (Å²) in [7, 11) is 0. The first-order valence-electron chi connectivity index (χ1n) is 6.82. The van der Waals surface area contributed by atoms with Gasteiger partial charge >= 0.3 is 6.61 Å². The topological polar surface area (TPSA) is 68.3 Å². The maximum atomic E-state index is 13.4. The van der Waals surface area contributed by atoms with E-state index in [9.17, 15) is 13.2 Å². The summed E-state index contributed by atoms with van der Waals surface area (Å²) in [5.41, 5.74) is 0.237. The van der Waals surface area contributed by atoms with Crippen molar-refractivity contribution in [3.8, 4) is 11.5 Å². The van der Waals surface area contributed by atoms with Crippen molar-refractivity contribution in [1.82, 2.24) is 9.97 Å². The van der Waals surface area contributed by atoms with Crippen LogP contribution >= 0.6 is 0 Å². The second-order valence-corrected chi connectivity index (χ2v) is 4.66. The number of nitrogens with zero attached hydrogens (tertiary/aromatic N) is 2. The van der Waals surface area contributed by atoms with Crippen molar-refractivity contribution in [3.63, 3.8) is 0 Å². The molecule has 2 N–H and O–H groups in total. The van der Waals surface area contributed by atoms with E-state index in [-0.39, 0.29) is 17.9 Å². The number of fused-ring (bicyclic) bond motifs is 1. The molecule has 0 fully saturated rings. The third kappa shape index (κ3) is 3.55. The number of anilines is 2. The Balaban J connectivity index is 1.80. The van der Waals surface area contributed by atoms with Crippen molar-refractivity contribution < 1.29 is 22.6 Å². The molecule has 1 aliphatic rings. The van der Waals surface area contributed by atoms with Gasteiger partial charge in [-0.05, 0) is 18.2 Å². The van der Waals surface area contributed by atoms with Gasteiger partial charge in [0.05, 0.1) is 6.54 Å². The molecule has 3 rings (SSSR count). The zero-order chi connectivity index (χ0) is 16.2. The molecule has 0 aliphatic carbocycles. The molecular formula is C14H13F3N4O2. The minimum atomic E-state index is -2.99. The molecule has 0 saturated heterocycles. The van der Waals surface area contributed by atoms with E-state index >= 15 is 0 Å². The molecule has 0 radical (unpaired) electrons.